The molecule has 0 amide bonds. The van der Waals surface area contributed by atoms with E-state index in [-0.39, 0.29) is 0 Å². The third-order valence-electron chi connectivity index (χ3n) is 4.35. The monoisotopic (exact) mass is 362 g/mol. The number of rotatable bonds is 7. The molecular formula is C19H22N8. The molecule has 4 rings (SSSR count). The first kappa shape index (κ1) is 17.0. The molecule has 3 aromatic heterocycles. The highest BCUT2D eigenvalue weighted by atomic mass is 15.2. The molecule has 4 N–H and O–H groups in total. The van der Waals surface area contributed by atoms with Gasteiger partial charge in [0.05, 0.1) is 0 Å². The van der Waals surface area contributed by atoms with Gasteiger partial charge in [-0.15, -0.1) is 0 Å². The molecule has 0 aliphatic rings. The number of nitrogens with two attached hydrogens (primary N) is 1. The number of nitrogen functional groups attached to an aromatic ring is 1. The molecule has 0 saturated heterocycles. The lowest BCUT2D eigenvalue weighted by atomic mass is 10.1. The van der Waals surface area contributed by atoms with Gasteiger partial charge in [-0.2, -0.15) is 15.1 Å². The third kappa shape index (κ3) is 3.46. The lowest BCUT2D eigenvalue weighted by molar-refractivity contribution is 0.696. The lowest BCUT2D eigenvalue weighted by Gasteiger charge is -2.08. The molecule has 0 unspecified atom stereocenters. The van der Waals surface area contributed by atoms with Crippen LogP contribution in [0.2, 0.25) is 0 Å². The van der Waals surface area contributed by atoms with Crippen LogP contribution in [0.15, 0.2) is 42.6 Å². The Bertz CT molecular complexity index is 1020. The highest BCUT2D eigenvalue weighted by Crippen LogP contribution is 2.26. The maximum Gasteiger partial charge on any atom is 0.226 e. The highest BCUT2D eigenvalue weighted by Gasteiger charge is 2.18. The van der Waals surface area contributed by atoms with Gasteiger partial charge in [0, 0.05) is 19.3 Å². The van der Waals surface area contributed by atoms with Crippen molar-refractivity contribution >= 4 is 22.9 Å². The molecule has 0 radical (unpaired) electrons. The summed E-state index contributed by atoms with van der Waals surface area (Å²) in [6, 6.07) is 12.2. The standard InChI is InChI=1S/C19H22N8/c1-2-12-27-17(14-9-11-22-26-14)23-15-16(20)24-19(25-18(15)27)21-10-8-13-6-4-3-5-7-13/h3-7,9,11H,2,8,10,12H2,1H3,(H,22,26)(H3,20,21,24,25). The molecule has 4 aromatic rings. The highest BCUT2D eigenvalue weighted by molar-refractivity contribution is 5.86. The van der Waals surface area contributed by atoms with E-state index in [2.05, 4.69) is 54.1 Å². The fourth-order valence-corrected chi connectivity index (χ4v) is 3.09. The van der Waals surface area contributed by atoms with Gasteiger partial charge in [0.15, 0.2) is 22.8 Å². The summed E-state index contributed by atoms with van der Waals surface area (Å²) >= 11 is 0. The fraction of sp³-hybridized carbons (Fsp3) is 0.263. The minimum Gasteiger partial charge on any atom is -0.382 e. The first-order valence-electron chi connectivity index (χ1n) is 9.07. The van der Waals surface area contributed by atoms with Crippen molar-refractivity contribution in [2.24, 2.45) is 0 Å². The molecule has 0 bridgehead atoms. The van der Waals surface area contributed by atoms with Crippen LogP contribution in [0.3, 0.4) is 0 Å². The molecule has 0 aliphatic heterocycles. The summed E-state index contributed by atoms with van der Waals surface area (Å²) in [5.74, 6) is 1.66. The Morgan fingerprint density at radius 1 is 1.11 bits per heavy atom. The number of aromatic nitrogens is 6. The molecule has 27 heavy (non-hydrogen) atoms. The second-order valence-corrected chi connectivity index (χ2v) is 6.32. The van der Waals surface area contributed by atoms with Crippen LogP contribution in [-0.4, -0.2) is 36.3 Å². The Labute approximate surface area is 156 Å². The summed E-state index contributed by atoms with van der Waals surface area (Å²) in [6.07, 6.45) is 3.54. The summed E-state index contributed by atoms with van der Waals surface area (Å²) in [5, 5.41) is 10.3. The van der Waals surface area contributed by atoms with Gasteiger partial charge in [-0.1, -0.05) is 37.3 Å². The molecule has 8 nitrogen and oxygen atoms in total. The Morgan fingerprint density at radius 2 is 1.96 bits per heavy atom. The number of aromatic amines is 1. The van der Waals surface area contributed by atoms with E-state index in [9.17, 15) is 0 Å². The lowest BCUT2D eigenvalue weighted by Crippen LogP contribution is -2.10. The second-order valence-electron chi connectivity index (χ2n) is 6.32. The van der Waals surface area contributed by atoms with Gasteiger partial charge in [0.2, 0.25) is 5.95 Å². The van der Waals surface area contributed by atoms with Crippen molar-refractivity contribution in [2.75, 3.05) is 17.6 Å². The van der Waals surface area contributed by atoms with E-state index >= 15 is 0 Å². The van der Waals surface area contributed by atoms with Crippen LogP contribution in [0.4, 0.5) is 11.8 Å². The SMILES string of the molecule is CCCn1c(-c2ccn[nH]2)nc2c(N)nc(NCCc3ccccc3)nc21. The van der Waals surface area contributed by atoms with E-state index in [4.69, 9.17) is 5.73 Å². The predicted molar refractivity (Wildman–Crippen MR) is 106 cm³/mol. The Hall–Kier alpha value is -3.42. The van der Waals surface area contributed by atoms with Gasteiger partial charge in [-0.05, 0) is 24.5 Å². The van der Waals surface area contributed by atoms with Crippen molar-refractivity contribution in [3.8, 4) is 11.5 Å². The zero-order chi connectivity index (χ0) is 18.6. The van der Waals surface area contributed by atoms with Crippen LogP contribution in [-0.2, 0) is 13.0 Å². The van der Waals surface area contributed by atoms with Gasteiger partial charge >= 0.3 is 0 Å². The van der Waals surface area contributed by atoms with E-state index in [1.165, 1.54) is 5.56 Å². The fourth-order valence-electron chi connectivity index (χ4n) is 3.09. The number of anilines is 2. The van der Waals surface area contributed by atoms with Crippen LogP contribution in [0.25, 0.3) is 22.7 Å². The average Bonchev–Trinajstić information content (AvgIpc) is 3.32. The number of nitrogens with zero attached hydrogens (tertiary/aromatic N) is 5. The maximum absolute atomic E-state index is 6.18. The molecule has 3 heterocycles. The largest absolute Gasteiger partial charge is 0.382 e. The van der Waals surface area contributed by atoms with Crippen molar-refractivity contribution in [2.45, 2.75) is 26.3 Å². The number of benzene rings is 1. The number of imidazole rings is 1. The number of aryl methyl sites for hydroxylation is 1. The van der Waals surface area contributed by atoms with Crippen LogP contribution >= 0.6 is 0 Å². The number of nitrogens with one attached hydrogen (secondary N) is 2. The summed E-state index contributed by atoms with van der Waals surface area (Å²) in [5.41, 5.74) is 9.62. The van der Waals surface area contributed by atoms with Crippen LogP contribution in [0.1, 0.15) is 18.9 Å². The van der Waals surface area contributed by atoms with Gasteiger partial charge in [0.1, 0.15) is 5.69 Å². The van der Waals surface area contributed by atoms with Crippen LogP contribution in [0, 0.1) is 0 Å². The zero-order valence-electron chi connectivity index (χ0n) is 15.2. The van der Waals surface area contributed by atoms with Crippen molar-refractivity contribution in [3.63, 3.8) is 0 Å². The molecule has 8 heteroatoms. The van der Waals surface area contributed by atoms with E-state index in [0.717, 1.165) is 43.1 Å². The first-order valence-corrected chi connectivity index (χ1v) is 9.07. The van der Waals surface area contributed by atoms with E-state index in [1.54, 1.807) is 6.20 Å². The van der Waals surface area contributed by atoms with E-state index in [0.29, 0.717) is 17.3 Å². The average molecular weight is 362 g/mol. The molecule has 0 atom stereocenters. The summed E-state index contributed by atoms with van der Waals surface area (Å²) < 4.78 is 2.06. The topological polar surface area (TPSA) is 110 Å². The Morgan fingerprint density at radius 3 is 2.70 bits per heavy atom. The first-order chi connectivity index (χ1) is 13.3. The number of fused-ring (bicyclic) bond motifs is 1. The second kappa shape index (κ2) is 7.45. The van der Waals surface area contributed by atoms with Crippen LogP contribution in [0.5, 0.6) is 0 Å². The van der Waals surface area contributed by atoms with Crippen molar-refractivity contribution < 1.29 is 0 Å². The predicted octanol–water partition coefficient (Wildman–Crippen LogP) is 2.86. The Kier molecular flexibility index (Phi) is 4.69. The van der Waals surface area contributed by atoms with Gasteiger partial charge in [-0.25, -0.2) is 4.98 Å². The van der Waals surface area contributed by atoms with E-state index < -0.39 is 0 Å². The molecule has 0 spiro atoms. The van der Waals surface area contributed by atoms with Crippen molar-refractivity contribution in [1.82, 2.24) is 29.7 Å². The minimum absolute atomic E-state index is 0.373. The smallest absolute Gasteiger partial charge is 0.226 e. The summed E-state index contributed by atoms with van der Waals surface area (Å²) in [4.78, 5) is 13.7. The number of hydrogen-bond acceptors (Lipinski definition) is 6. The summed E-state index contributed by atoms with van der Waals surface area (Å²) in [6.45, 7) is 3.63. The van der Waals surface area contributed by atoms with Crippen molar-refractivity contribution in [3.05, 3.63) is 48.2 Å². The van der Waals surface area contributed by atoms with Crippen molar-refractivity contribution in [1.29, 1.82) is 0 Å². The van der Waals surface area contributed by atoms with Gasteiger partial charge in [-0.3, -0.25) is 5.10 Å². The van der Waals surface area contributed by atoms with Gasteiger partial charge in [0.25, 0.3) is 0 Å². The zero-order valence-corrected chi connectivity index (χ0v) is 15.2. The molecule has 138 valence electrons. The van der Waals surface area contributed by atoms with Crippen LogP contribution < -0.4 is 11.1 Å². The Balaban J connectivity index is 1.64. The quantitative estimate of drug-likeness (QED) is 0.466. The molecule has 0 aliphatic carbocycles. The minimum atomic E-state index is 0.373. The summed E-state index contributed by atoms with van der Waals surface area (Å²) in [7, 11) is 0. The molecular weight excluding hydrogens is 340 g/mol. The molecule has 0 saturated carbocycles. The maximum atomic E-state index is 6.18. The number of hydrogen-bond donors (Lipinski definition) is 3. The number of H-pyrrole nitrogens is 1. The molecule has 1 aromatic carbocycles. The van der Waals surface area contributed by atoms with E-state index in [1.807, 2.05) is 24.3 Å². The normalized spacial score (nSPS) is 11.1. The van der Waals surface area contributed by atoms with Gasteiger partial charge < -0.3 is 15.6 Å². The molecule has 0 fully saturated rings. The third-order valence-corrected chi connectivity index (χ3v) is 4.35.